The minimum absolute atomic E-state index is 0.0182. The van der Waals surface area contributed by atoms with Gasteiger partial charge in [0.2, 0.25) is 0 Å². The molecule has 0 bridgehead atoms. The van der Waals surface area contributed by atoms with Crippen molar-refractivity contribution in [2.45, 2.75) is 25.5 Å². The van der Waals surface area contributed by atoms with E-state index < -0.39 is 10.8 Å². The molecule has 1 aliphatic rings. The van der Waals surface area contributed by atoms with E-state index in [1.165, 1.54) is 25.3 Å². The molecule has 2 aromatic carbocycles. The number of carbonyl (C=O) groups excluding carboxylic acids is 1. The number of nitro groups is 1. The maximum absolute atomic E-state index is 13.4. The molecule has 1 aliphatic heterocycles. The second-order valence-electron chi connectivity index (χ2n) is 7.32. The molecular weight excluding hydrogens is 436 g/mol. The predicted molar refractivity (Wildman–Crippen MR) is 121 cm³/mol. The van der Waals surface area contributed by atoms with E-state index in [2.05, 4.69) is 6.58 Å². The van der Waals surface area contributed by atoms with E-state index in [1.807, 2.05) is 6.07 Å². The summed E-state index contributed by atoms with van der Waals surface area (Å²) < 4.78 is 16.7. The van der Waals surface area contributed by atoms with Gasteiger partial charge in [-0.2, -0.15) is 0 Å². The van der Waals surface area contributed by atoms with E-state index in [1.54, 1.807) is 23.1 Å². The highest BCUT2D eigenvalue weighted by Crippen LogP contribution is 2.30. The van der Waals surface area contributed by atoms with Crippen molar-refractivity contribution in [2.75, 3.05) is 26.9 Å². The third kappa shape index (κ3) is 5.77. The smallest absolute Gasteiger partial charge is 0.283 e. The van der Waals surface area contributed by atoms with Gasteiger partial charge in [-0.05, 0) is 42.7 Å². The van der Waals surface area contributed by atoms with Crippen LogP contribution in [0.3, 0.4) is 0 Å². The van der Waals surface area contributed by atoms with Crippen LogP contribution in [-0.4, -0.2) is 48.7 Å². The zero-order chi connectivity index (χ0) is 23.1. The number of nitro benzene ring substituents is 1. The largest absolute Gasteiger partial charge is 0.493 e. The molecule has 9 heteroatoms. The van der Waals surface area contributed by atoms with Crippen molar-refractivity contribution in [3.63, 3.8) is 0 Å². The molecule has 1 heterocycles. The maximum Gasteiger partial charge on any atom is 0.283 e. The van der Waals surface area contributed by atoms with Crippen LogP contribution >= 0.6 is 11.6 Å². The van der Waals surface area contributed by atoms with Gasteiger partial charge >= 0.3 is 0 Å². The van der Waals surface area contributed by atoms with Crippen LogP contribution in [0.1, 0.15) is 28.8 Å². The second-order valence-corrected chi connectivity index (χ2v) is 7.76. The summed E-state index contributed by atoms with van der Waals surface area (Å²) in [7, 11) is 1.53. The Morgan fingerprint density at radius 2 is 2.16 bits per heavy atom. The van der Waals surface area contributed by atoms with Crippen LogP contribution in [0.4, 0.5) is 5.69 Å². The summed E-state index contributed by atoms with van der Waals surface area (Å²) in [6.07, 6.45) is 3.25. The average Bonchev–Trinajstić information content (AvgIpc) is 3.30. The van der Waals surface area contributed by atoms with Crippen molar-refractivity contribution < 1.29 is 23.9 Å². The number of hydrogen-bond acceptors (Lipinski definition) is 6. The molecule has 0 aromatic heterocycles. The molecule has 1 saturated heterocycles. The van der Waals surface area contributed by atoms with E-state index in [0.717, 1.165) is 18.4 Å². The van der Waals surface area contributed by atoms with E-state index in [-0.39, 0.29) is 28.9 Å². The fourth-order valence-corrected chi connectivity index (χ4v) is 3.73. The predicted octanol–water partition coefficient (Wildman–Crippen LogP) is 4.64. The summed E-state index contributed by atoms with van der Waals surface area (Å²) in [6, 6.07) is 9.42. The Balaban J connectivity index is 1.90. The number of halogens is 1. The van der Waals surface area contributed by atoms with Crippen LogP contribution < -0.4 is 9.47 Å². The molecule has 2 aromatic rings. The molecule has 1 fully saturated rings. The van der Waals surface area contributed by atoms with Crippen LogP contribution in [0, 0.1) is 10.1 Å². The number of amides is 1. The molecule has 32 heavy (non-hydrogen) atoms. The third-order valence-electron chi connectivity index (χ3n) is 5.08. The van der Waals surface area contributed by atoms with Crippen molar-refractivity contribution >= 4 is 23.2 Å². The Morgan fingerprint density at radius 1 is 1.34 bits per heavy atom. The maximum atomic E-state index is 13.4. The number of nitrogens with zero attached hydrogens (tertiary/aromatic N) is 2. The highest BCUT2D eigenvalue weighted by Gasteiger charge is 2.28. The monoisotopic (exact) mass is 460 g/mol. The van der Waals surface area contributed by atoms with Crippen LogP contribution in [0.15, 0.2) is 49.1 Å². The van der Waals surface area contributed by atoms with E-state index >= 15 is 0 Å². The molecule has 0 radical (unpaired) electrons. The standard InChI is InChI=1S/C23H25ClN2O6/c1-3-10-32-21-9-6-16(12-22(21)30-2)14-25(15-18-5-4-11-31-18)23(27)19-8-7-17(24)13-20(19)26(28)29/h3,6-9,12-13,18H,1,4-5,10-11,14-15H2,2H3. The molecule has 0 spiro atoms. The van der Waals surface area contributed by atoms with E-state index in [0.29, 0.717) is 31.3 Å². The Labute approximate surface area is 191 Å². The van der Waals surface area contributed by atoms with Crippen molar-refractivity contribution in [3.8, 4) is 11.5 Å². The van der Waals surface area contributed by atoms with Gasteiger partial charge in [0.25, 0.3) is 11.6 Å². The first-order chi connectivity index (χ1) is 15.4. The molecule has 0 N–H and O–H groups in total. The Morgan fingerprint density at radius 3 is 2.81 bits per heavy atom. The van der Waals surface area contributed by atoms with Crippen LogP contribution in [0.5, 0.6) is 11.5 Å². The molecule has 1 atom stereocenters. The number of methoxy groups -OCH3 is 1. The van der Waals surface area contributed by atoms with Gasteiger partial charge in [0.05, 0.1) is 18.1 Å². The van der Waals surface area contributed by atoms with Crippen molar-refractivity contribution in [3.05, 3.63) is 75.3 Å². The molecule has 0 saturated carbocycles. The molecule has 3 rings (SSSR count). The minimum Gasteiger partial charge on any atom is -0.493 e. The fraction of sp³-hybridized carbons (Fsp3) is 0.348. The first-order valence-corrected chi connectivity index (χ1v) is 10.6. The van der Waals surface area contributed by atoms with Gasteiger partial charge in [0.1, 0.15) is 12.2 Å². The SMILES string of the molecule is C=CCOc1ccc(CN(CC2CCCO2)C(=O)c2ccc(Cl)cc2[N+](=O)[O-])cc1OC. The molecule has 0 aliphatic carbocycles. The lowest BCUT2D eigenvalue weighted by molar-refractivity contribution is -0.385. The van der Waals surface area contributed by atoms with Gasteiger partial charge in [-0.25, -0.2) is 0 Å². The minimum atomic E-state index is -0.599. The fourth-order valence-electron chi connectivity index (χ4n) is 3.56. The van der Waals surface area contributed by atoms with Crippen LogP contribution in [0.25, 0.3) is 0 Å². The van der Waals surface area contributed by atoms with Gasteiger partial charge in [-0.15, -0.1) is 0 Å². The lowest BCUT2D eigenvalue weighted by Gasteiger charge is -2.26. The number of carbonyl (C=O) groups is 1. The van der Waals surface area contributed by atoms with Gasteiger partial charge in [-0.3, -0.25) is 14.9 Å². The molecule has 170 valence electrons. The van der Waals surface area contributed by atoms with E-state index in [4.69, 9.17) is 25.8 Å². The number of rotatable bonds is 10. The second kappa shape index (κ2) is 11.0. The highest BCUT2D eigenvalue weighted by molar-refractivity contribution is 6.31. The topological polar surface area (TPSA) is 91.1 Å². The van der Waals surface area contributed by atoms with E-state index in [9.17, 15) is 14.9 Å². The van der Waals surface area contributed by atoms with Crippen molar-refractivity contribution in [1.29, 1.82) is 0 Å². The first kappa shape index (κ1) is 23.6. The summed E-state index contributed by atoms with van der Waals surface area (Å²) in [5, 5.41) is 11.7. The van der Waals surface area contributed by atoms with Crippen molar-refractivity contribution in [1.82, 2.24) is 4.90 Å². The lowest BCUT2D eigenvalue weighted by atomic mass is 10.1. The van der Waals surface area contributed by atoms with Gasteiger partial charge in [0.15, 0.2) is 11.5 Å². The van der Waals surface area contributed by atoms with Gasteiger partial charge in [0, 0.05) is 30.8 Å². The Hall–Kier alpha value is -3.10. The van der Waals surface area contributed by atoms with Crippen molar-refractivity contribution in [2.24, 2.45) is 0 Å². The van der Waals surface area contributed by atoms with Crippen LogP contribution in [0.2, 0.25) is 5.02 Å². The summed E-state index contributed by atoms with van der Waals surface area (Å²) in [5.74, 6) is 0.614. The van der Waals surface area contributed by atoms with Crippen LogP contribution in [-0.2, 0) is 11.3 Å². The third-order valence-corrected chi connectivity index (χ3v) is 5.32. The number of hydrogen-bond donors (Lipinski definition) is 0. The zero-order valence-electron chi connectivity index (χ0n) is 17.8. The van der Waals surface area contributed by atoms with Gasteiger partial charge in [-0.1, -0.05) is 30.3 Å². The lowest BCUT2D eigenvalue weighted by Crippen LogP contribution is -2.37. The Bertz CT molecular complexity index is 990. The van der Waals surface area contributed by atoms with Gasteiger partial charge < -0.3 is 19.1 Å². The summed E-state index contributed by atoms with van der Waals surface area (Å²) in [4.78, 5) is 25.9. The molecule has 8 nitrogen and oxygen atoms in total. The Kier molecular flexibility index (Phi) is 8.08. The molecular formula is C23H25ClN2O6. The normalized spacial score (nSPS) is 15.2. The highest BCUT2D eigenvalue weighted by atomic mass is 35.5. The molecule has 1 unspecified atom stereocenters. The number of benzene rings is 2. The average molecular weight is 461 g/mol. The first-order valence-electron chi connectivity index (χ1n) is 10.2. The number of ether oxygens (including phenoxy) is 3. The quantitative estimate of drug-likeness (QED) is 0.291. The zero-order valence-corrected chi connectivity index (χ0v) is 18.5. The summed E-state index contributed by atoms with van der Waals surface area (Å²) in [6.45, 7) is 5.13. The summed E-state index contributed by atoms with van der Waals surface area (Å²) >= 11 is 5.92. The molecule has 1 amide bonds. The summed E-state index contributed by atoms with van der Waals surface area (Å²) in [5.41, 5.74) is 0.441.